The topological polar surface area (TPSA) is 55.1 Å². The van der Waals surface area contributed by atoms with Crippen molar-refractivity contribution in [3.05, 3.63) is 46.7 Å². The Labute approximate surface area is 137 Å². The second-order valence-electron chi connectivity index (χ2n) is 6.15. The lowest BCUT2D eigenvalue weighted by Crippen LogP contribution is -2.13. The number of hydrogen-bond donors (Lipinski definition) is 1. The summed E-state index contributed by atoms with van der Waals surface area (Å²) in [5, 5.41) is 2.56. The molecular weight excluding hydrogens is 321 g/mol. The number of hydrogen-bond acceptors (Lipinski definition) is 3. The van der Waals surface area contributed by atoms with Gasteiger partial charge in [0.1, 0.15) is 0 Å². The number of aromatic nitrogens is 1. The molecule has 0 radical (unpaired) electrons. The maximum atomic E-state index is 12.8. The Morgan fingerprint density at radius 3 is 2.62 bits per heavy atom. The minimum Gasteiger partial charge on any atom is -0.435 e. The first-order valence-corrected chi connectivity index (χ1v) is 7.69. The van der Waals surface area contributed by atoms with Crippen LogP contribution in [0.2, 0.25) is 0 Å². The van der Waals surface area contributed by atoms with Gasteiger partial charge in [0.25, 0.3) is 5.91 Å². The van der Waals surface area contributed by atoms with Crippen molar-refractivity contribution in [3.63, 3.8) is 0 Å². The Hall–Kier alpha value is -2.31. The molecule has 0 aliphatic heterocycles. The molecule has 24 heavy (non-hydrogen) atoms. The summed E-state index contributed by atoms with van der Waals surface area (Å²) >= 11 is 0. The van der Waals surface area contributed by atoms with Gasteiger partial charge in [0.05, 0.1) is 11.3 Å². The molecule has 1 aromatic heterocycles. The molecule has 7 heteroatoms. The van der Waals surface area contributed by atoms with Gasteiger partial charge in [-0.05, 0) is 56.4 Å². The summed E-state index contributed by atoms with van der Waals surface area (Å²) in [6, 6.07) is 3.47. The lowest BCUT2D eigenvalue weighted by atomic mass is 10.1. The van der Waals surface area contributed by atoms with E-state index in [0.29, 0.717) is 23.9 Å². The number of carbonyl (C=O) groups excluding carboxylic acids is 1. The Morgan fingerprint density at radius 1 is 1.33 bits per heavy atom. The molecule has 0 spiro atoms. The van der Waals surface area contributed by atoms with Crippen LogP contribution in [0.5, 0.6) is 0 Å². The third-order valence-corrected chi connectivity index (χ3v) is 4.00. The number of amides is 1. The molecule has 0 saturated heterocycles. The number of halogens is 3. The first-order chi connectivity index (χ1) is 11.2. The Kier molecular flexibility index (Phi) is 4.11. The van der Waals surface area contributed by atoms with E-state index in [1.807, 2.05) is 0 Å². The van der Waals surface area contributed by atoms with Gasteiger partial charge >= 0.3 is 6.18 Å². The van der Waals surface area contributed by atoms with Crippen LogP contribution >= 0.6 is 0 Å². The number of anilines is 1. The fraction of sp³-hybridized carbons (Fsp3) is 0.412. The maximum Gasteiger partial charge on any atom is 0.416 e. The summed E-state index contributed by atoms with van der Waals surface area (Å²) in [6.07, 6.45) is -1.40. The molecule has 1 saturated carbocycles. The fourth-order valence-electron chi connectivity index (χ4n) is 2.57. The lowest BCUT2D eigenvalue weighted by Gasteiger charge is -2.12. The number of rotatable bonds is 4. The summed E-state index contributed by atoms with van der Waals surface area (Å²) in [5.41, 5.74) is 0.0869. The summed E-state index contributed by atoms with van der Waals surface area (Å²) in [4.78, 5) is 16.5. The molecule has 1 N–H and O–H groups in total. The number of aryl methyl sites for hydroxylation is 2. The van der Waals surface area contributed by atoms with Gasteiger partial charge in [-0.1, -0.05) is 0 Å². The van der Waals surface area contributed by atoms with Crippen molar-refractivity contribution in [2.24, 2.45) is 5.92 Å². The third-order valence-electron chi connectivity index (χ3n) is 4.00. The van der Waals surface area contributed by atoms with Crippen molar-refractivity contribution < 1.29 is 22.4 Å². The van der Waals surface area contributed by atoms with Crippen LogP contribution in [0.25, 0.3) is 0 Å². The predicted molar refractivity (Wildman–Crippen MR) is 81.8 cm³/mol. The smallest absolute Gasteiger partial charge is 0.416 e. The van der Waals surface area contributed by atoms with Crippen molar-refractivity contribution in [2.75, 3.05) is 5.32 Å². The number of carbonyl (C=O) groups is 1. The van der Waals surface area contributed by atoms with Crippen molar-refractivity contribution in [1.29, 1.82) is 0 Å². The van der Waals surface area contributed by atoms with Crippen LogP contribution in [-0.2, 0) is 12.6 Å². The molecule has 3 rings (SSSR count). The number of nitrogens with zero attached hydrogens (tertiary/aromatic N) is 1. The molecule has 1 fully saturated rings. The minimum atomic E-state index is -4.41. The first-order valence-electron chi connectivity index (χ1n) is 7.69. The predicted octanol–water partition coefficient (Wildman–Crippen LogP) is 4.52. The molecule has 128 valence electrons. The van der Waals surface area contributed by atoms with Gasteiger partial charge < -0.3 is 9.73 Å². The van der Waals surface area contributed by atoms with Crippen LogP contribution < -0.4 is 5.32 Å². The fourth-order valence-corrected chi connectivity index (χ4v) is 2.57. The molecule has 1 aliphatic rings. The van der Waals surface area contributed by atoms with E-state index < -0.39 is 17.6 Å². The van der Waals surface area contributed by atoms with E-state index in [-0.39, 0.29) is 17.0 Å². The van der Waals surface area contributed by atoms with E-state index in [2.05, 4.69) is 10.3 Å². The molecule has 1 heterocycles. The van der Waals surface area contributed by atoms with Gasteiger partial charge in [-0.3, -0.25) is 4.79 Å². The van der Waals surface area contributed by atoms with Gasteiger partial charge in [-0.15, -0.1) is 0 Å². The molecule has 4 nitrogen and oxygen atoms in total. The van der Waals surface area contributed by atoms with Crippen LogP contribution in [0, 0.1) is 19.8 Å². The number of alkyl halides is 3. The molecule has 0 unspecified atom stereocenters. The van der Waals surface area contributed by atoms with Crippen LogP contribution in [0.3, 0.4) is 0 Å². The van der Waals surface area contributed by atoms with E-state index in [9.17, 15) is 18.0 Å². The molecular formula is C17H17F3N2O2. The zero-order valence-corrected chi connectivity index (χ0v) is 13.3. The van der Waals surface area contributed by atoms with Crippen LogP contribution in [0.4, 0.5) is 18.9 Å². The Bertz CT molecular complexity index is 777. The highest BCUT2D eigenvalue weighted by Gasteiger charge is 2.32. The van der Waals surface area contributed by atoms with Crippen LogP contribution in [-0.4, -0.2) is 10.9 Å². The van der Waals surface area contributed by atoms with E-state index in [4.69, 9.17) is 4.42 Å². The maximum absolute atomic E-state index is 12.8. The average molecular weight is 338 g/mol. The van der Waals surface area contributed by atoms with Crippen molar-refractivity contribution in [1.82, 2.24) is 4.98 Å². The van der Waals surface area contributed by atoms with Crippen molar-refractivity contribution in [2.45, 2.75) is 39.3 Å². The summed E-state index contributed by atoms with van der Waals surface area (Å²) in [5.74, 6) is 0.699. The molecule has 0 bridgehead atoms. The third kappa shape index (κ3) is 3.60. The van der Waals surface area contributed by atoms with Crippen molar-refractivity contribution in [3.8, 4) is 0 Å². The van der Waals surface area contributed by atoms with E-state index >= 15 is 0 Å². The molecule has 0 atom stereocenters. The minimum absolute atomic E-state index is 0.0454. The molecule has 1 amide bonds. The van der Waals surface area contributed by atoms with E-state index in [0.717, 1.165) is 18.9 Å². The zero-order chi connectivity index (χ0) is 17.5. The molecule has 1 aliphatic carbocycles. The number of benzene rings is 1. The standard InChI is InChI=1S/C17H17F3N2O2/c1-9-7-12(5-6-13(9)17(18,19)20)22-16(23)15-10(2)21-14(24-15)8-11-3-4-11/h5-7,11H,3-4,8H2,1-2H3,(H,22,23). The van der Waals surface area contributed by atoms with Gasteiger partial charge in [0.2, 0.25) is 5.76 Å². The van der Waals surface area contributed by atoms with Crippen molar-refractivity contribution >= 4 is 11.6 Å². The monoisotopic (exact) mass is 338 g/mol. The van der Waals surface area contributed by atoms with E-state index in [1.165, 1.54) is 19.1 Å². The molecule has 1 aromatic carbocycles. The number of oxazole rings is 1. The summed E-state index contributed by atoms with van der Waals surface area (Å²) in [7, 11) is 0. The second kappa shape index (κ2) is 5.96. The van der Waals surface area contributed by atoms with Gasteiger partial charge in [0, 0.05) is 12.1 Å². The first kappa shape index (κ1) is 16.5. The highest BCUT2D eigenvalue weighted by Crippen LogP contribution is 2.34. The molecule has 2 aromatic rings. The van der Waals surface area contributed by atoms with Crippen LogP contribution in [0.15, 0.2) is 22.6 Å². The summed E-state index contributed by atoms with van der Waals surface area (Å²) < 4.78 is 43.8. The lowest BCUT2D eigenvalue weighted by molar-refractivity contribution is -0.138. The van der Waals surface area contributed by atoms with Crippen LogP contribution in [0.1, 0.15) is 46.1 Å². The van der Waals surface area contributed by atoms with Gasteiger partial charge in [-0.25, -0.2) is 4.98 Å². The van der Waals surface area contributed by atoms with Gasteiger partial charge in [0.15, 0.2) is 5.89 Å². The Balaban J connectivity index is 1.75. The van der Waals surface area contributed by atoms with Gasteiger partial charge in [-0.2, -0.15) is 13.2 Å². The highest BCUT2D eigenvalue weighted by molar-refractivity contribution is 6.03. The number of nitrogens with one attached hydrogen (secondary N) is 1. The van der Waals surface area contributed by atoms with E-state index in [1.54, 1.807) is 6.92 Å². The normalized spacial score (nSPS) is 14.7. The average Bonchev–Trinajstić information content (AvgIpc) is 3.19. The highest BCUT2D eigenvalue weighted by atomic mass is 19.4. The SMILES string of the molecule is Cc1cc(NC(=O)c2oc(CC3CC3)nc2C)ccc1C(F)(F)F. The summed E-state index contributed by atoms with van der Waals surface area (Å²) in [6.45, 7) is 3.03. The largest absolute Gasteiger partial charge is 0.435 e. The quantitative estimate of drug-likeness (QED) is 0.892. The second-order valence-corrected chi connectivity index (χ2v) is 6.15. The zero-order valence-electron chi connectivity index (χ0n) is 13.3. The Morgan fingerprint density at radius 2 is 2.04 bits per heavy atom.